The zero-order valence-corrected chi connectivity index (χ0v) is 13.0. The Morgan fingerprint density at radius 1 is 1.39 bits per heavy atom. The molecule has 2 heteroatoms. The monoisotopic (exact) mass is 250 g/mol. The smallest absolute Gasteiger partial charge is 0.0712 e. The molecule has 1 N–H and O–H groups in total. The first kappa shape index (κ1) is 15.5. The van der Waals surface area contributed by atoms with Gasteiger partial charge < -0.3 is 5.32 Å². The van der Waals surface area contributed by atoms with Gasteiger partial charge in [0.2, 0.25) is 0 Å². The van der Waals surface area contributed by atoms with Gasteiger partial charge in [0, 0.05) is 25.2 Å². The molecule has 1 heterocycles. The molecule has 0 aromatic carbocycles. The molecule has 18 heavy (non-hydrogen) atoms. The molecule has 1 saturated heterocycles. The molecular weight excluding hydrogens is 220 g/mol. The van der Waals surface area contributed by atoms with Gasteiger partial charge in [-0.1, -0.05) is 47.5 Å². The molecule has 2 nitrogen and oxygen atoms in total. The molecule has 0 radical (unpaired) electrons. The van der Waals surface area contributed by atoms with Crippen LogP contribution in [0.2, 0.25) is 0 Å². The van der Waals surface area contributed by atoms with Gasteiger partial charge in [-0.15, -0.1) is 6.42 Å². The summed E-state index contributed by atoms with van der Waals surface area (Å²) in [6.45, 7) is 15.8. The minimum atomic E-state index is 0.282. The summed E-state index contributed by atoms with van der Waals surface area (Å²) in [6.07, 6.45) is 6.76. The normalized spacial score (nSPS) is 28.1. The molecular formula is C16H30N2. The molecule has 104 valence electrons. The highest BCUT2D eigenvalue weighted by molar-refractivity contribution is 5.05. The van der Waals surface area contributed by atoms with Gasteiger partial charge >= 0.3 is 0 Å². The second kappa shape index (κ2) is 6.08. The van der Waals surface area contributed by atoms with Crippen LogP contribution in [0.15, 0.2) is 0 Å². The zero-order valence-electron chi connectivity index (χ0n) is 13.0. The number of hydrogen-bond acceptors (Lipinski definition) is 2. The topological polar surface area (TPSA) is 15.3 Å². The van der Waals surface area contributed by atoms with Crippen molar-refractivity contribution in [3.05, 3.63) is 0 Å². The van der Waals surface area contributed by atoms with Crippen molar-refractivity contribution in [2.75, 3.05) is 13.1 Å². The predicted octanol–water partition coefficient (Wildman–Crippen LogP) is 2.74. The van der Waals surface area contributed by atoms with Gasteiger partial charge in [0.25, 0.3) is 0 Å². The van der Waals surface area contributed by atoms with E-state index in [0.29, 0.717) is 18.0 Å². The highest BCUT2D eigenvalue weighted by Gasteiger charge is 2.37. The van der Waals surface area contributed by atoms with Gasteiger partial charge in [0.1, 0.15) is 0 Å². The lowest BCUT2D eigenvalue weighted by molar-refractivity contribution is 0.0447. The molecule has 1 aliphatic rings. The van der Waals surface area contributed by atoms with Gasteiger partial charge in [-0.2, -0.15) is 0 Å². The highest BCUT2D eigenvalue weighted by Crippen LogP contribution is 2.27. The molecule has 0 spiro atoms. The van der Waals surface area contributed by atoms with Gasteiger partial charge in [-0.05, 0) is 17.8 Å². The molecule has 0 aliphatic carbocycles. The quantitative estimate of drug-likeness (QED) is 0.775. The number of terminal acetylenes is 1. The minimum absolute atomic E-state index is 0.282. The van der Waals surface area contributed by atoms with Crippen molar-refractivity contribution in [3.8, 4) is 12.3 Å². The summed E-state index contributed by atoms with van der Waals surface area (Å²) >= 11 is 0. The first-order valence-electron chi connectivity index (χ1n) is 7.26. The van der Waals surface area contributed by atoms with Crippen molar-refractivity contribution < 1.29 is 0 Å². The van der Waals surface area contributed by atoms with Crippen molar-refractivity contribution >= 4 is 0 Å². The van der Waals surface area contributed by atoms with Crippen LogP contribution in [-0.4, -0.2) is 36.1 Å². The average molecular weight is 250 g/mol. The van der Waals surface area contributed by atoms with Crippen LogP contribution in [0.25, 0.3) is 0 Å². The molecule has 0 saturated carbocycles. The summed E-state index contributed by atoms with van der Waals surface area (Å²) in [5.74, 6) is 3.62. The van der Waals surface area contributed by atoms with Crippen LogP contribution in [0.4, 0.5) is 0 Å². The zero-order chi connectivity index (χ0) is 13.9. The van der Waals surface area contributed by atoms with E-state index in [1.54, 1.807) is 0 Å². The Labute approximate surface area is 114 Å². The van der Waals surface area contributed by atoms with E-state index in [1.165, 1.54) is 0 Å². The summed E-state index contributed by atoms with van der Waals surface area (Å²) in [5.41, 5.74) is 0.285. The first-order chi connectivity index (χ1) is 8.31. The fourth-order valence-corrected chi connectivity index (χ4v) is 2.80. The molecule has 0 amide bonds. The van der Waals surface area contributed by atoms with Gasteiger partial charge in [0.05, 0.1) is 6.04 Å². The Balaban J connectivity index is 2.87. The van der Waals surface area contributed by atoms with Crippen LogP contribution in [0.3, 0.4) is 0 Å². The number of hydrogen-bond donors (Lipinski definition) is 1. The van der Waals surface area contributed by atoms with E-state index >= 15 is 0 Å². The van der Waals surface area contributed by atoms with E-state index < -0.39 is 0 Å². The summed E-state index contributed by atoms with van der Waals surface area (Å²) in [7, 11) is 0. The lowest BCUT2D eigenvalue weighted by Crippen LogP contribution is -2.63. The average Bonchev–Trinajstić information content (AvgIpc) is 2.29. The molecule has 0 aromatic rings. The van der Waals surface area contributed by atoms with E-state index in [0.717, 1.165) is 19.5 Å². The Kier molecular flexibility index (Phi) is 5.25. The second-order valence-electron chi connectivity index (χ2n) is 6.93. The predicted molar refractivity (Wildman–Crippen MR) is 79.5 cm³/mol. The molecule has 1 fully saturated rings. The Bertz CT molecular complexity index is 295. The van der Waals surface area contributed by atoms with E-state index in [1.807, 2.05) is 0 Å². The number of piperazine rings is 1. The van der Waals surface area contributed by atoms with Gasteiger partial charge in [0.15, 0.2) is 0 Å². The number of nitrogens with zero attached hydrogens (tertiary/aromatic N) is 1. The van der Waals surface area contributed by atoms with E-state index in [-0.39, 0.29) is 11.5 Å². The van der Waals surface area contributed by atoms with Crippen molar-refractivity contribution in [2.45, 2.75) is 66.1 Å². The van der Waals surface area contributed by atoms with Crippen LogP contribution in [0.1, 0.15) is 48.0 Å². The maximum atomic E-state index is 5.72. The van der Waals surface area contributed by atoms with Crippen LogP contribution in [-0.2, 0) is 0 Å². The van der Waals surface area contributed by atoms with Gasteiger partial charge in [-0.3, -0.25) is 4.90 Å². The Morgan fingerprint density at radius 2 is 2.00 bits per heavy atom. The maximum absolute atomic E-state index is 5.72. The summed E-state index contributed by atoms with van der Waals surface area (Å²) in [4.78, 5) is 2.55. The van der Waals surface area contributed by atoms with Crippen molar-refractivity contribution in [1.82, 2.24) is 10.2 Å². The summed E-state index contributed by atoms with van der Waals surface area (Å²) < 4.78 is 0. The molecule has 1 aliphatic heterocycles. The standard InChI is InChI=1S/C16H30N2/c1-8-13(9-2)18-11-15(16(5,6)7)17-10-14(18)12(3)4/h1,12-15,17H,9-11H2,2-7H3. The molecule has 1 rings (SSSR count). The molecule has 0 bridgehead atoms. The van der Waals surface area contributed by atoms with Crippen molar-refractivity contribution in [3.63, 3.8) is 0 Å². The van der Waals surface area contributed by atoms with Gasteiger partial charge in [-0.25, -0.2) is 0 Å². The third-order valence-corrected chi connectivity index (χ3v) is 4.19. The fourth-order valence-electron chi connectivity index (χ4n) is 2.80. The summed E-state index contributed by atoms with van der Waals surface area (Å²) in [5, 5.41) is 3.71. The summed E-state index contributed by atoms with van der Waals surface area (Å²) in [6, 6.07) is 1.36. The third-order valence-electron chi connectivity index (χ3n) is 4.19. The third kappa shape index (κ3) is 3.49. The van der Waals surface area contributed by atoms with Crippen LogP contribution in [0.5, 0.6) is 0 Å². The molecule has 3 atom stereocenters. The Morgan fingerprint density at radius 3 is 2.39 bits per heavy atom. The van der Waals surface area contributed by atoms with Crippen molar-refractivity contribution in [2.24, 2.45) is 11.3 Å². The molecule has 0 aromatic heterocycles. The highest BCUT2D eigenvalue weighted by atomic mass is 15.3. The van der Waals surface area contributed by atoms with Crippen LogP contribution < -0.4 is 5.32 Å². The second-order valence-corrected chi connectivity index (χ2v) is 6.93. The number of nitrogens with one attached hydrogen (secondary N) is 1. The molecule has 3 unspecified atom stereocenters. The van der Waals surface area contributed by atoms with Crippen molar-refractivity contribution in [1.29, 1.82) is 0 Å². The lowest BCUT2D eigenvalue weighted by atomic mass is 9.83. The lowest BCUT2D eigenvalue weighted by Gasteiger charge is -2.48. The van der Waals surface area contributed by atoms with E-state index in [2.05, 4.69) is 57.7 Å². The SMILES string of the molecule is C#CC(CC)N1CC(C(C)(C)C)NCC1C(C)C. The maximum Gasteiger partial charge on any atom is 0.0712 e. The van der Waals surface area contributed by atoms with E-state index in [4.69, 9.17) is 6.42 Å². The Hall–Kier alpha value is -0.520. The minimum Gasteiger partial charge on any atom is -0.311 e. The number of rotatable bonds is 3. The first-order valence-corrected chi connectivity index (χ1v) is 7.26. The van der Waals surface area contributed by atoms with Crippen LogP contribution in [0, 0.1) is 23.7 Å². The van der Waals surface area contributed by atoms with Crippen LogP contribution >= 0.6 is 0 Å². The van der Waals surface area contributed by atoms with E-state index in [9.17, 15) is 0 Å². The largest absolute Gasteiger partial charge is 0.311 e. The fraction of sp³-hybridized carbons (Fsp3) is 0.875.